The molecule has 0 saturated heterocycles. The summed E-state index contributed by atoms with van der Waals surface area (Å²) in [7, 11) is 0. The molecule has 1 aromatic carbocycles. The fourth-order valence-electron chi connectivity index (χ4n) is 0.846. The van der Waals surface area contributed by atoms with Crippen molar-refractivity contribution in [1.29, 1.82) is 0 Å². The van der Waals surface area contributed by atoms with Crippen molar-refractivity contribution in [3.05, 3.63) is 29.3 Å². The zero-order valence-electron chi connectivity index (χ0n) is 5.94. The monoisotopic (exact) mass is 122 g/mol. The molecule has 0 saturated carbocycles. The van der Waals surface area contributed by atoms with Gasteiger partial charge in [0.2, 0.25) is 0 Å². The normalized spacial score (nSPS) is 9.67. The standard InChI is InChI=1S/C8H11N/c1-6-3-4-8(9)7(2)5-6/h3-5H,9H2,1-2H3/p+1. The van der Waals surface area contributed by atoms with Crippen LogP contribution in [0.3, 0.4) is 0 Å². The van der Waals surface area contributed by atoms with E-state index in [-0.39, 0.29) is 0 Å². The summed E-state index contributed by atoms with van der Waals surface area (Å²) in [6.07, 6.45) is 0. The molecule has 1 nitrogen and oxygen atoms in total. The molecule has 0 atom stereocenters. The fraction of sp³-hybridized carbons (Fsp3) is 0.250. The van der Waals surface area contributed by atoms with Crippen molar-refractivity contribution < 1.29 is 5.73 Å². The van der Waals surface area contributed by atoms with Crippen LogP contribution in [0.25, 0.3) is 0 Å². The molecule has 1 rings (SSSR count). The zero-order valence-corrected chi connectivity index (χ0v) is 5.94. The van der Waals surface area contributed by atoms with Gasteiger partial charge in [0.1, 0.15) is 5.69 Å². The predicted octanol–water partition coefficient (Wildman–Crippen LogP) is 1.18. The molecular formula is C8H12N+. The van der Waals surface area contributed by atoms with Crippen LogP contribution in [0.5, 0.6) is 0 Å². The van der Waals surface area contributed by atoms with Gasteiger partial charge in [-0.2, -0.15) is 0 Å². The number of hydrogen-bond donors (Lipinski definition) is 1. The van der Waals surface area contributed by atoms with Crippen molar-refractivity contribution in [2.75, 3.05) is 0 Å². The molecule has 0 amide bonds. The lowest BCUT2D eigenvalue weighted by Crippen LogP contribution is -2.40. The number of benzene rings is 1. The van der Waals surface area contributed by atoms with Gasteiger partial charge in [0.15, 0.2) is 0 Å². The van der Waals surface area contributed by atoms with Gasteiger partial charge in [0.25, 0.3) is 0 Å². The van der Waals surface area contributed by atoms with Crippen LogP contribution < -0.4 is 5.73 Å². The summed E-state index contributed by atoms with van der Waals surface area (Å²) in [5, 5.41) is 0. The molecule has 0 fully saturated rings. The summed E-state index contributed by atoms with van der Waals surface area (Å²) in [5.74, 6) is 0. The molecule has 0 aliphatic carbocycles. The lowest BCUT2D eigenvalue weighted by molar-refractivity contribution is -0.255. The van der Waals surface area contributed by atoms with Gasteiger partial charge in [0, 0.05) is 5.56 Å². The molecule has 0 spiro atoms. The van der Waals surface area contributed by atoms with Crippen molar-refractivity contribution in [3.8, 4) is 0 Å². The first-order valence-electron chi connectivity index (χ1n) is 3.09. The van der Waals surface area contributed by atoms with Gasteiger partial charge >= 0.3 is 0 Å². The minimum Gasteiger partial charge on any atom is -0.325 e. The Kier molecular flexibility index (Phi) is 1.54. The van der Waals surface area contributed by atoms with Crippen LogP contribution in [-0.2, 0) is 0 Å². The first-order chi connectivity index (χ1) is 4.20. The van der Waals surface area contributed by atoms with Crippen LogP contribution in [0.15, 0.2) is 18.2 Å². The minimum atomic E-state index is 1.13. The molecule has 0 aromatic heterocycles. The van der Waals surface area contributed by atoms with Crippen molar-refractivity contribution in [2.45, 2.75) is 13.8 Å². The molecule has 0 radical (unpaired) electrons. The predicted molar refractivity (Wildman–Crippen MR) is 38.5 cm³/mol. The second kappa shape index (κ2) is 2.19. The van der Waals surface area contributed by atoms with Gasteiger partial charge in [-0.25, -0.2) is 0 Å². The van der Waals surface area contributed by atoms with Gasteiger partial charge in [-0.3, -0.25) is 0 Å². The highest BCUT2D eigenvalue weighted by atomic mass is 14.5. The van der Waals surface area contributed by atoms with Crippen molar-refractivity contribution in [3.63, 3.8) is 0 Å². The lowest BCUT2D eigenvalue weighted by atomic mass is 10.1. The van der Waals surface area contributed by atoms with E-state index in [1.165, 1.54) is 11.1 Å². The first-order valence-corrected chi connectivity index (χ1v) is 3.09. The van der Waals surface area contributed by atoms with E-state index < -0.39 is 0 Å². The topological polar surface area (TPSA) is 27.6 Å². The Labute approximate surface area is 55.5 Å². The summed E-state index contributed by atoms with van der Waals surface area (Å²) in [5.41, 5.74) is 7.57. The summed E-state index contributed by atoms with van der Waals surface area (Å²) in [4.78, 5) is 0. The molecule has 0 unspecified atom stereocenters. The highest BCUT2D eigenvalue weighted by Gasteiger charge is 1.93. The summed E-state index contributed by atoms with van der Waals surface area (Å²) in [6.45, 7) is 4.17. The third-order valence-corrected chi connectivity index (χ3v) is 1.50. The third-order valence-electron chi connectivity index (χ3n) is 1.50. The van der Waals surface area contributed by atoms with Gasteiger partial charge in [-0.15, -0.1) is 0 Å². The molecular weight excluding hydrogens is 110 g/mol. The number of hydrogen-bond acceptors (Lipinski definition) is 0. The van der Waals surface area contributed by atoms with Gasteiger partial charge in [0.05, 0.1) is 0 Å². The Morgan fingerprint density at radius 3 is 2.33 bits per heavy atom. The van der Waals surface area contributed by atoms with Crippen LogP contribution >= 0.6 is 0 Å². The van der Waals surface area contributed by atoms with E-state index in [9.17, 15) is 0 Å². The molecule has 9 heavy (non-hydrogen) atoms. The van der Waals surface area contributed by atoms with Crippen LogP contribution in [0.2, 0.25) is 0 Å². The number of rotatable bonds is 0. The highest BCUT2D eigenvalue weighted by Crippen LogP contribution is 2.09. The first kappa shape index (κ1) is 6.30. The van der Waals surface area contributed by atoms with Crippen LogP contribution in [-0.4, -0.2) is 0 Å². The lowest BCUT2D eigenvalue weighted by Gasteiger charge is -1.94. The Balaban J connectivity index is 3.17. The Morgan fingerprint density at radius 2 is 1.89 bits per heavy atom. The van der Waals surface area contributed by atoms with E-state index in [1.54, 1.807) is 0 Å². The second-order valence-corrected chi connectivity index (χ2v) is 2.43. The summed E-state index contributed by atoms with van der Waals surface area (Å²) >= 11 is 0. The molecule has 0 aliphatic rings. The van der Waals surface area contributed by atoms with E-state index in [1.807, 2.05) is 6.07 Å². The molecule has 0 aliphatic heterocycles. The molecule has 48 valence electrons. The van der Waals surface area contributed by atoms with Crippen LogP contribution in [0.1, 0.15) is 11.1 Å². The third kappa shape index (κ3) is 1.30. The van der Waals surface area contributed by atoms with E-state index >= 15 is 0 Å². The quantitative estimate of drug-likeness (QED) is 0.535. The van der Waals surface area contributed by atoms with E-state index in [0.29, 0.717) is 0 Å². The zero-order chi connectivity index (χ0) is 6.85. The van der Waals surface area contributed by atoms with E-state index in [4.69, 9.17) is 0 Å². The minimum absolute atomic E-state index is 1.13. The number of quaternary nitrogens is 1. The largest absolute Gasteiger partial charge is 0.325 e. The van der Waals surface area contributed by atoms with Crippen LogP contribution in [0, 0.1) is 13.8 Å². The second-order valence-electron chi connectivity index (χ2n) is 2.43. The molecule has 1 aromatic rings. The Morgan fingerprint density at radius 1 is 1.22 bits per heavy atom. The Bertz CT molecular complexity index is 216. The van der Waals surface area contributed by atoms with Crippen molar-refractivity contribution in [1.82, 2.24) is 0 Å². The Hall–Kier alpha value is -0.820. The fourth-order valence-corrected chi connectivity index (χ4v) is 0.846. The number of aryl methyl sites for hydroxylation is 2. The summed E-state index contributed by atoms with van der Waals surface area (Å²) in [6, 6.07) is 6.27. The van der Waals surface area contributed by atoms with Crippen molar-refractivity contribution >= 4 is 5.69 Å². The van der Waals surface area contributed by atoms with Gasteiger partial charge < -0.3 is 5.73 Å². The van der Waals surface area contributed by atoms with Gasteiger partial charge in [-0.05, 0) is 19.9 Å². The SMILES string of the molecule is Cc1ccc([NH3+])c(C)c1. The maximum Gasteiger partial charge on any atom is 0.130 e. The maximum absolute atomic E-state index is 3.86. The smallest absolute Gasteiger partial charge is 0.130 e. The molecule has 0 bridgehead atoms. The molecule has 1 heteroatoms. The van der Waals surface area contributed by atoms with Gasteiger partial charge in [-0.1, -0.05) is 17.7 Å². The molecule has 3 N–H and O–H groups in total. The van der Waals surface area contributed by atoms with Crippen LogP contribution in [0.4, 0.5) is 5.69 Å². The average molecular weight is 122 g/mol. The van der Waals surface area contributed by atoms with E-state index in [0.717, 1.165) is 5.69 Å². The van der Waals surface area contributed by atoms with Crippen molar-refractivity contribution in [2.24, 2.45) is 0 Å². The maximum atomic E-state index is 3.86. The highest BCUT2D eigenvalue weighted by molar-refractivity contribution is 5.39. The van der Waals surface area contributed by atoms with E-state index in [2.05, 4.69) is 31.7 Å². The average Bonchev–Trinajstić information content (AvgIpc) is 1.80. The molecule has 0 heterocycles. The summed E-state index contributed by atoms with van der Waals surface area (Å²) < 4.78 is 0.